The van der Waals surface area contributed by atoms with E-state index in [1.54, 1.807) is 0 Å². The second kappa shape index (κ2) is 6.06. The molecule has 0 amide bonds. The van der Waals surface area contributed by atoms with Gasteiger partial charge in [0.1, 0.15) is 0 Å². The van der Waals surface area contributed by atoms with Crippen LogP contribution in [-0.4, -0.2) is 26.2 Å². The van der Waals surface area contributed by atoms with Gasteiger partial charge in [-0.15, -0.1) is 5.10 Å². The number of imidazole rings is 1. The van der Waals surface area contributed by atoms with Crippen LogP contribution in [0.4, 0.5) is 0 Å². The average Bonchev–Trinajstić information content (AvgIpc) is 3.01. The van der Waals surface area contributed by atoms with E-state index in [0.29, 0.717) is 0 Å². The molecule has 2 heterocycles. The predicted molar refractivity (Wildman–Crippen MR) is 72.7 cm³/mol. The van der Waals surface area contributed by atoms with Crippen LogP contribution >= 0.6 is 11.5 Å². The zero-order valence-electron chi connectivity index (χ0n) is 11.1. The van der Waals surface area contributed by atoms with Gasteiger partial charge in [0.05, 0.1) is 28.6 Å². The smallest absolute Gasteiger partial charge is 0.0950 e. The first-order chi connectivity index (χ1) is 8.80. The molecule has 0 aliphatic rings. The first-order valence-corrected chi connectivity index (χ1v) is 7.07. The fourth-order valence-corrected chi connectivity index (χ4v) is 2.78. The first kappa shape index (κ1) is 13.2. The lowest BCUT2D eigenvalue weighted by atomic mass is 10.1. The van der Waals surface area contributed by atoms with E-state index in [1.165, 1.54) is 16.4 Å². The summed E-state index contributed by atoms with van der Waals surface area (Å²) in [5.41, 5.74) is 2.12. The van der Waals surface area contributed by atoms with Gasteiger partial charge in [-0.3, -0.25) is 0 Å². The van der Waals surface area contributed by atoms with Crippen LogP contribution < -0.4 is 5.32 Å². The van der Waals surface area contributed by atoms with Gasteiger partial charge in [-0.2, -0.15) is 0 Å². The maximum absolute atomic E-state index is 4.47. The number of aromatic nitrogens is 4. The molecule has 0 aliphatic carbocycles. The van der Waals surface area contributed by atoms with Crippen molar-refractivity contribution in [2.24, 2.45) is 0 Å². The number of aryl methyl sites for hydroxylation is 2. The lowest BCUT2D eigenvalue weighted by molar-refractivity contribution is 0.670. The minimum absolute atomic E-state index is 0.0966. The Kier molecular flexibility index (Phi) is 4.43. The highest BCUT2D eigenvalue weighted by Crippen LogP contribution is 2.26. The van der Waals surface area contributed by atoms with Crippen molar-refractivity contribution in [1.29, 1.82) is 0 Å². The van der Waals surface area contributed by atoms with Gasteiger partial charge in [-0.05, 0) is 31.9 Å². The van der Waals surface area contributed by atoms with E-state index >= 15 is 0 Å². The molecule has 2 aromatic heterocycles. The highest BCUT2D eigenvalue weighted by molar-refractivity contribution is 7.05. The Morgan fingerprint density at radius 3 is 2.89 bits per heavy atom. The molecule has 98 valence electrons. The van der Waals surface area contributed by atoms with E-state index in [9.17, 15) is 0 Å². The molecule has 0 aromatic carbocycles. The molecule has 1 unspecified atom stereocenters. The largest absolute Gasteiger partial charge is 0.337 e. The third-order valence-corrected chi connectivity index (χ3v) is 3.77. The van der Waals surface area contributed by atoms with Crippen LogP contribution in [0.3, 0.4) is 0 Å². The zero-order valence-corrected chi connectivity index (χ0v) is 11.9. The molecular weight excluding hydrogens is 246 g/mol. The monoisotopic (exact) mass is 265 g/mol. The summed E-state index contributed by atoms with van der Waals surface area (Å²) in [6, 6.07) is 0.0966. The van der Waals surface area contributed by atoms with Gasteiger partial charge >= 0.3 is 0 Å². The van der Waals surface area contributed by atoms with E-state index in [4.69, 9.17) is 0 Å². The van der Waals surface area contributed by atoms with Crippen molar-refractivity contribution in [2.75, 3.05) is 7.05 Å². The Bertz CT molecular complexity index is 490. The predicted octanol–water partition coefficient (Wildman–Crippen LogP) is 2.02. The van der Waals surface area contributed by atoms with Crippen LogP contribution in [0, 0.1) is 0 Å². The molecule has 18 heavy (non-hydrogen) atoms. The van der Waals surface area contributed by atoms with E-state index < -0.39 is 0 Å². The van der Waals surface area contributed by atoms with E-state index in [0.717, 1.165) is 30.8 Å². The topological polar surface area (TPSA) is 55.6 Å². The maximum Gasteiger partial charge on any atom is 0.0950 e. The Morgan fingerprint density at radius 2 is 2.28 bits per heavy atom. The molecule has 2 rings (SSSR count). The number of hydrogen-bond donors (Lipinski definition) is 1. The second-order valence-electron chi connectivity index (χ2n) is 4.18. The van der Waals surface area contributed by atoms with Gasteiger partial charge in [0, 0.05) is 12.7 Å². The summed E-state index contributed by atoms with van der Waals surface area (Å²) in [5.74, 6) is 0. The van der Waals surface area contributed by atoms with Gasteiger partial charge < -0.3 is 9.88 Å². The van der Waals surface area contributed by atoms with E-state index in [2.05, 4.69) is 44.5 Å². The van der Waals surface area contributed by atoms with Crippen molar-refractivity contribution in [3.05, 3.63) is 28.8 Å². The second-order valence-corrected chi connectivity index (χ2v) is 4.97. The van der Waals surface area contributed by atoms with Crippen molar-refractivity contribution in [3.8, 4) is 0 Å². The zero-order chi connectivity index (χ0) is 13.0. The summed E-state index contributed by atoms with van der Waals surface area (Å²) in [7, 11) is 1.95. The van der Waals surface area contributed by atoms with Crippen molar-refractivity contribution in [3.63, 3.8) is 0 Å². The normalized spacial score (nSPS) is 12.8. The van der Waals surface area contributed by atoms with Crippen molar-refractivity contribution in [2.45, 2.75) is 39.3 Å². The minimum Gasteiger partial charge on any atom is -0.337 e. The number of nitrogens with zero attached hydrogens (tertiary/aromatic N) is 4. The van der Waals surface area contributed by atoms with Crippen LogP contribution in [-0.2, 0) is 13.0 Å². The third kappa shape index (κ3) is 2.59. The molecule has 5 nitrogen and oxygen atoms in total. The molecular formula is C12H19N5S. The van der Waals surface area contributed by atoms with Crippen molar-refractivity contribution >= 4 is 11.5 Å². The SMILES string of the molecule is CCCc1nnsc1C(NC)c1cn(CC)cn1. The van der Waals surface area contributed by atoms with Crippen LogP contribution in [0.15, 0.2) is 12.5 Å². The van der Waals surface area contributed by atoms with Crippen LogP contribution in [0.1, 0.15) is 42.6 Å². The summed E-state index contributed by atoms with van der Waals surface area (Å²) in [6.45, 7) is 5.20. The van der Waals surface area contributed by atoms with Crippen LogP contribution in [0.5, 0.6) is 0 Å². The number of rotatable bonds is 6. The summed E-state index contributed by atoms with van der Waals surface area (Å²) >= 11 is 1.46. The van der Waals surface area contributed by atoms with Crippen LogP contribution in [0.25, 0.3) is 0 Å². The summed E-state index contributed by atoms with van der Waals surface area (Å²) in [6.07, 6.45) is 6.00. The Labute approximate surface area is 111 Å². The molecule has 0 aliphatic heterocycles. The van der Waals surface area contributed by atoms with Crippen molar-refractivity contribution in [1.82, 2.24) is 24.5 Å². The molecule has 0 saturated heterocycles. The van der Waals surface area contributed by atoms with Crippen LogP contribution in [0.2, 0.25) is 0 Å². The molecule has 1 atom stereocenters. The molecule has 0 spiro atoms. The van der Waals surface area contributed by atoms with Gasteiger partial charge in [0.25, 0.3) is 0 Å². The lowest BCUT2D eigenvalue weighted by Gasteiger charge is -2.12. The fourth-order valence-electron chi connectivity index (χ4n) is 1.96. The summed E-state index contributed by atoms with van der Waals surface area (Å²) in [4.78, 5) is 5.65. The standard InChI is InChI=1S/C12H19N5S/c1-4-6-9-12(18-16-15-9)11(13-3)10-7-17(5-2)8-14-10/h7-8,11,13H,4-6H2,1-3H3. The van der Waals surface area contributed by atoms with E-state index in [-0.39, 0.29) is 6.04 Å². The van der Waals surface area contributed by atoms with Gasteiger partial charge in [-0.1, -0.05) is 17.8 Å². The Morgan fingerprint density at radius 1 is 1.44 bits per heavy atom. The van der Waals surface area contributed by atoms with E-state index in [1.807, 2.05) is 13.4 Å². The fraction of sp³-hybridized carbons (Fsp3) is 0.583. The quantitative estimate of drug-likeness (QED) is 0.868. The first-order valence-electron chi connectivity index (χ1n) is 6.30. The lowest BCUT2D eigenvalue weighted by Crippen LogP contribution is -2.18. The Hall–Kier alpha value is -1.27. The van der Waals surface area contributed by atoms with Gasteiger partial charge in [0.15, 0.2) is 0 Å². The van der Waals surface area contributed by atoms with Crippen molar-refractivity contribution < 1.29 is 0 Å². The number of hydrogen-bond acceptors (Lipinski definition) is 5. The molecule has 6 heteroatoms. The summed E-state index contributed by atoms with van der Waals surface area (Å²) in [5, 5.41) is 7.53. The highest BCUT2D eigenvalue weighted by atomic mass is 32.1. The molecule has 0 fully saturated rings. The number of nitrogens with one attached hydrogen (secondary N) is 1. The molecule has 0 saturated carbocycles. The molecule has 0 bridgehead atoms. The third-order valence-electron chi connectivity index (χ3n) is 2.94. The van der Waals surface area contributed by atoms with Gasteiger partial charge in [0.2, 0.25) is 0 Å². The summed E-state index contributed by atoms with van der Waals surface area (Å²) < 4.78 is 6.16. The molecule has 0 radical (unpaired) electrons. The minimum atomic E-state index is 0.0966. The van der Waals surface area contributed by atoms with Gasteiger partial charge in [-0.25, -0.2) is 4.98 Å². The Balaban J connectivity index is 2.29. The molecule has 1 N–H and O–H groups in total. The molecule has 2 aromatic rings. The average molecular weight is 265 g/mol. The maximum atomic E-state index is 4.47. The highest BCUT2D eigenvalue weighted by Gasteiger charge is 2.21.